The van der Waals surface area contributed by atoms with Crippen LogP contribution in [0, 0.1) is 11.3 Å². The molecule has 0 saturated carbocycles. The number of guanidine groups is 1. The molecular formula is C10H8N4O. The van der Waals surface area contributed by atoms with Gasteiger partial charge in [0, 0.05) is 5.69 Å². The van der Waals surface area contributed by atoms with Gasteiger partial charge in [-0.25, -0.2) is 0 Å². The summed E-state index contributed by atoms with van der Waals surface area (Å²) in [4.78, 5) is 16.2. The summed E-state index contributed by atoms with van der Waals surface area (Å²) >= 11 is 0. The number of anilines is 1. The largest absolute Gasteiger partial charge is 0.369 e. The Morgan fingerprint density at radius 1 is 1.40 bits per heavy atom. The van der Waals surface area contributed by atoms with Gasteiger partial charge in [0.2, 0.25) is 5.96 Å². The molecule has 0 atom stereocenters. The van der Waals surface area contributed by atoms with Crippen molar-refractivity contribution < 1.29 is 4.79 Å². The summed E-state index contributed by atoms with van der Waals surface area (Å²) in [6, 6.07) is 8.83. The smallest absolute Gasteiger partial charge is 0.268 e. The Hall–Kier alpha value is -2.35. The molecule has 0 saturated heterocycles. The van der Waals surface area contributed by atoms with Crippen molar-refractivity contribution in [2.24, 2.45) is 10.7 Å². The second kappa shape index (κ2) is 3.42. The van der Waals surface area contributed by atoms with Crippen molar-refractivity contribution in [3.63, 3.8) is 0 Å². The Kier molecular flexibility index (Phi) is 2.10. The van der Waals surface area contributed by atoms with Gasteiger partial charge >= 0.3 is 0 Å². The van der Waals surface area contributed by atoms with E-state index >= 15 is 0 Å². The van der Waals surface area contributed by atoms with Crippen molar-refractivity contribution in [1.82, 2.24) is 0 Å². The van der Waals surface area contributed by atoms with Gasteiger partial charge in [0.25, 0.3) is 5.91 Å². The lowest BCUT2D eigenvalue weighted by molar-refractivity contribution is -0.115. The zero-order valence-corrected chi connectivity index (χ0v) is 7.84. The standard InChI is InChI=1S/C10H8N4O/c11-5-7-1-3-8(4-2-7)14-6-9(15)13-10(14)12/h1-4H,6H2,(H2,12,13,15). The third-order valence-corrected chi connectivity index (χ3v) is 2.12. The molecule has 5 heteroatoms. The number of nitriles is 1. The third kappa shape index (κ3) is 1.65. The van der Waals surface area contributed by atoms with Crippen LogP contribution in [-0.4, -0.2) is 18.4 Å². The van der Waals surface area contributed by atoms with Gasteiger partial charge in [-0.1, -0.05) is 0 Å². The predicted molar refractivity (Wildman–Crippen MR) is 55.1 cm³/mol. The fourth-order valence-corrected chi connectivity index (χ4v) is 1.38. The summed E-state index contributed by atoms with van der Waals surface area (Å²) in [5.41, 5.74) is 6.90. The summed E-state index contributed by atoms with van der Waals surface area (Å²) < 4.78 is 0. The van der Waals surface area contributed by atoms with E-state index < -0.39 is 0 Å². The van der Waals surface area contributed by atoms with Crippen LogP contribution >= 0.6 is 0 Å². The number of nitrogens with zero attached hydrogens (tertiary/aromatic N) is 3. The summed E-state index contributed by atoms with van der Waals surface area (Å²) in [5, 5.41) is 8.62. The number of rotatable bonds is 1. The molecule has 5 nitrogen and oxygen atoms in total. The predicted octanol–water partition coefficient (Wildman–Crippen LogP) is 0.220. The summed E-state index contributed by atoms with van der Waals surface area (Å²) in [5.74, 6) is -0.0541. The Balaban J connectivity index is 2.29. The number of benzene rings is 1. The molecule has 0 fully saturated rings. The molecule has 0 spiro atoms. The lowest BCUT2D eigenvalue weighted by Gasteiger charge is -2.15. The van der Waals surface area contributed by atoms with Crippen LogP contribution < -0.4 is 10.6 Å². The highest BCUT2D eigenvalue weighted by Crippen LogP contribution is 2.17. The minimum atomic E-state index is -0.253. The molecule has 0 unspecified atom stereocenters. The van der Waals surface area contributed by atoms with Gasteiger partial charge in [-0.2, -0.15) is 10.3 Å². The van der Waals surface area contributed by atoms with Gasteiger partial charge in [-0.3, -0.25) is 4.79 Å². The monoisotopic (exact) mass is 200 g/mol. The van der Waals surface area contributed by atoms with Crippen molar-refractivity contribution in [3.05, 3.63) is 29.8 Å². The number of nitrogens with two attached hydrogens (primary N) is 1. The molecule has 0 aromatic heterocycles. The molecule has 2 rings (SSSR count). The summed E-state index contributed by atoms with van der Waals surface area (Å²) in [6.07, 6.45) is 0. The molecule has 1 aliphatic rings. The average Bonchev–Trinajstić information content (AvgIpc) is 2.58. The van der Waals surface area contributed by atoms with Gasteiger partial charge in [-0.05, 0) is 24.3 Å². The van der Waals surface area contributed by atoms with Crippen molar-refractivity contribution in [1.29, 1.82) is 5.26 Å². The van der Waals surface area contributed by atoms with Crippen LogP contribution in [0.15, 0.2) is 29.3 Å². The molecule has 1 aromatic rings. The zero-order chi connectivity index (χ0) is 10.8. The van der Waals surface area contributed by atoms with Crippen molar-refractivity contribution in [2.45, 2.75) is 0 Å². The molecular weight excluding hydrogens is 192 g/mol. The van der Waals surface area contributed by atoms with Crippen LogP contribution in [0.25, 0.3) is 0 Å². The lowest BCUT2D eigenvalue weighted by atomic mass is 10.2. The fourth-order valence-electron chi connectivity index (χ4n) is 1.38. The Labute approximate surface area is 86.4 Å². The first-order valence-electron chi connectivity index (χ1n) is 4.35. The maximum absolute atomic E-state index is 11.0. The normalized spacial score (nSPS) is 15.0. The molecule has 0 bridgehead atoms. The highest BCUT2D eigenvalue weighted by Gasteiger charge is 2.21. The van der Waals surface area contributed by atoms with E-state index in [4.69, 9.17) is 11.0 Å². The molecule has 2 N–H and O–H groups in total. The maximum atomic E-state index is 11.0. The number of hydrogen-bond acceptors (Lipinski definition) is 4. The van der Waals surface area contributed by atoms with E-state index in [0.29, 0.717) is 5.56 Å². The summed E-state index contributed by atoms with van der Waals surface area (Å²) in [7, 11) is 0. The number of amides is 1. The minimum absolute atomic E-state index is 0.164. The van der Waals surface area contributed by atoms with Crippen LogP contribution in [0.4, 0.5) is 5.69 Å². The van der Waals surface area contributed by atoms with Crippen molar-refractivity contribution in [3.8, 4) is 6.07 Å². The number of carbonyl (C=O) groups is 1. The van der Waals surface area contributed by atoms with Crippen LogP contribution in [0.2, 0.25) is 0 Å². The van der Waals surface area contributed by atoms with Crippen LogP contribution in [0.5, 0.6) is 0 Å². The van der Waals surface area contributed by atoms with E-state index in [1.54, 1.807) is 29.2 Å². The van der Waals surface area contributed by atoms with E-state index in [0.717, 1.165) is 5.69 Å². The zero-order valence-electron chi connectivity index (χ0n) is 7.84. The topological polar surface area (TPSA) is 82.5 Å². The Morgan fingerprint density at radius 3 is 2.53 bits per heavy atom. The second-order valence-corrected chi connectivity index (χ2v) is 3.11. The molecule has 0 aliphatic carbocycles. The average molecular weight is 200 g/mol. The number of carbonyl (C=O) groups excluding carboxylic acids is 1. The first-order valence-corrected chi connectivity index (χ1v) is 4.35. The van der Waals surface area contributed by atoms with Crippen molar-refractivity contribution >= 4 is 17.6 Å². The van der Waals surface area contributed by atoms with Gasteiger partial charge < -0.3 is 10.6 Å². The summed E-state index contributed by atoms with van der Waals surface area (Å²) in [6.45, 7) is 0.164. The van der Waals surface area contributed by atoms with Gasteiger partial charge in [0.05, 0.1) is 11.6 Å². The van der Waals surface area contributed by atoms with E-state index in [1.807, 2.05) is 6.07 Å². The van der Waals surface area contributed by atoms with Gasteiger partial charge in [0.15, 0.2) is 0 Å². The molecule has 0 radical (unpaired) electrons. The van der Waals surface area contributed by atoms with E-state index in [1.165, 1.54) is 0 Å². The van der Waals surface area contributed by atoms with E-state index in [2.05, 4.69) is 4.99 Å². The molecule has 1 heterocycles. The van der Waals surface area contributed by atoms with Crippen LogP contribution in [0.1, 0.15) is 5.56 Å². The highest BCUT2D eigenvalue weighted by molar-refractivity contribution is 6.10. The SMILES string of the molecule is N#Cc1ccc(N2CC(=O)N=C2N)cc1. The molecule has 1 aromatic carbocycles. The lowest BCUT2D eigenvalue weighted by Crippen LogP contribution is -2.33. The number of hydrogen-bond donors (Lipinski definition) is 1. The fraction of sp³-hybridized carbons (Fsp3) is 0.100. The molecule has 1 aliphatic heterocycles. The van der Waals surface area contributed by atoms with E-state index in [-0.39, 0.29) is 18.4 Å². The van der Waals surface area contributed by atoms with Crippen molar-refractivity contribution in [2.75, 3.05) is 11.4 Å². The highest BCUT2D eigenvalue weighted by atomic mass is 16.2. The molecule has 1 amide bonds. The minimum Gasteiger partial charge on any atom is -0.369 e. The number of aliphatic imine (C=N–C) groups is 1. The van der Waals surface area contributed by atoms with Crippen LogP contribution in [-0.2, 0) is 4.79 Å². The second-order valence-electron chi connectivity index (χ2n) is 3.11. The van der Waals surface area contributed by atoms with Gasteiger partial charge in [0.1, 0.15) is 6.54 Å². The maximum Gasteiger partial charge on any atom is 0.268 e. The Bertz CT molecular complexity index is 469. The van der Waals surface area contributed by atoms with Gasteiger partial charge in [-0.15, -0.1) is 0 Å². The Morgan fingerprint density at radius 2 is 2.07 bits per heavy atom. The molecule has 74 valence electrons. The quantitative estimate of drug-likeness (QED) is 0.702. The third-order valence-electron chi connectivity index (χ3n) is 2.12. The molecule has 15 heavy (non-hydrogen) atoms. The van der Waals surface area contributed by atoms with E-state index in [9.17, 15) is 4.79 Å². The first-order chi connectivity index (χ1) is 7.20. The first kappa shape index (κ1) is 9.21. The van der Waals surface area contributed by atoms with Crippen LogP contribution in [0.3, 0.4) is 0 Å².